The number of nitrogens with one attached hydrogen (secondary N) is 1. The number of rotatable bonds is 3. The third-order valence-electron chi connectivity index (χ3n) is 7.86. The Morgan fingerprint density at radius 3 is 2.76 bits per heavy atom. The maximum Gasteiger partial charge on any atom is 0.208 e. The molecule has 0 amide bonds. The number of hydrogen-bond donors (Lipinski definition) is 1. The Kier molecular flexibility index (Phi) is 2.73. The number of nitrogens with zero attached hydrogens (tertiary/aromatic N) is 4. The second-order valence-corrected chi connectivity index (χ2v) is 9.89. The van der Waals surface area contributed by atoms with Crippen LogP contribution in [-0.4, -0.2) is 44.1 Å². The zero-order chi connectivity index (χ0) is 19.8. The van der Waals surface area contributed by atoms with Crippen LogP contribution in [0.25, 0.3) is 11.2 Å². The fourth-order valence-electron chi connectivity index (χ4n) is 6.54. The van der Waals surface area contributed by atoms with E-state index in [4.69, 9.17) is 19.4 Å². The van der Waals surface area contributed by atoms with Crippen LogP contribution in [0.15, 0.2) is 6.33 Å². The summed E-state index contributed by atoms with van der Waals surface area (Å²) in [6, 6.07) is 0. The highest BCUT2D eigenvalue weighted by molar-refractivity contribution is 5.84. The highest BCUT2D eigenvalue weighted by atomic mass is 16.8. The summed E-state index contributed by atoms with van der Waals surface area (Å²) in [7, 11) is 0. The normalized spacial score (nSPS) is 42.2. The number of aromatic nitrogens is 4. The van der Waals surface area contributed by atoms with E-state index in [0.717, 1.165) is 23.5 Å². The Morgan fingerprint density at radius 2 is 2.03 bits per heavy atom. The fourth-order valence-corrected chi connectivity index (χ4v) is 6.54. The summed E-state index contributed by atoms with van der Waals surface area (Å²) in [5, 5.41) is 3.35. The maximum atomic E-state index is 6.43. The largest absolute Gasteiger partial charge is 0.368 e. The average molecular weight is 391 g/mol. The van der Waals surface area contributed by atoms with Crippen molar-refractivity contribution in [2.24, 2.45) is 23.2 Å². The number of fused-ring (bicyclic) bond motifs is 1. The van der Waals surface area contributed by atoms with Crippen LogP contribution < -0.4 is 5.32 Å². The molecule has 7 heteroatoms. The summed E-state index contributed by atoms with van der Waals surface area (Å²) in [4.78, 5) is 14.2. The smallest absolute Gasteiger partial charge is 0.208 e. The first-order valence-corrected chi connectivity index (χ1v) is 10.8. The highest BCUT2D eigenvalue weighted by Gasteiger charge is 3.04. The molecule has 2 aromatic rings. The number of anilines is 1. The van der Waals surface area contributed by atoms with Crippen molar-refractivity contribution in [2.45, 2.75) is 64.1 Å². The van der Waals surface area contributed by atoms with Gasteiger partial charge in [-0.25, -0.2) is 15.0 Å². The first-order chi connectivity index (χ1) is 13.9. The molecule has 0 spiro atoms. The second-order valence-electron chi connectivity index (χ2n) is 9.89. The van der Waals surface area contributed by atoms with E-state index in [9.17, 15) is 0 Å². The van der Waals surface area contributed by atoms with Crippen molar-refractivity contribution in [3.05, 3.63) is 12.2 Å². The van der Waals surface area contributed by atoms with Gasteiger partial charge in [-0.05, 0) is 45.5 Å². The maximum absolute atomic E-state index is 6.43. The van der Waals surface area contributed by atoms with E-state index in [1.807, 2.05) is 20.2 Å². The highest BCUT2D eigenvalue weighted by Crippen LogP contribution is 2.97. The Morgan fingerprint density at radius 1 is 1.24 bits per heavy atom. The molecule has 2 aromatic heterocycles. The van der Waals surface area contributed by atoms with E-state index < -0.39 is 5.79 Å². The Hall–Kier alpha value is -2.17. The molecule has 8 rings (SSSR count). The number of ether oxygens (including phenoxy) is 2. The Balaban J connectivity index is 1.38. The van der Waals surface area contributed by atoms with Gasteiger partial charge in [0.05, 0.1) is 18.0 Å². The van der Waals surface area contributed by atoms with E-state index in [-0.39, 0.29) is 23.2 Å². The van der Waals surface area contributed by atoms with Crippen LogP contribution in [0.2, 0.25) is 0 Å². The van der Waals surface area contributed by atoms with Crippen LogP contribution in [-0.2, 0) is 15.0 Å². The van der Waals surface area contributed by atoms with E-state index in [1.165, 1.54) is 12.8 Å². The van der Waals surface area contributed by atoms with Gasteiger partial charge in [-0.1, -0.05) is 12.8 Å². The zero-order valence-electron chi connectivity index (χ0n) is 17.2. The van der Waals surface area contributed by atoms with Gasteiger partial charge in [-0.3, -0.25) is 0 Å². The summed E-state index contributed by atoms with van der Waals surface area (Å²) in [6.45, 7) is 9.23. The molecule has 5 saturated carbocycles. The molecule has 2 bridgehead atoms. The van der Waals surface area contributed by atoms with Crippen molar-refractivity contribution >= 4 is 17.0 Å². The minimum absolute atomic E-state index is 0.0495. The monoisotopic (exact) mass is 391 g/mol. The zero-order valence-corrected chi connectivity index (χ0v) is 17.2. The summed E-state index contributed by atoms with van der Waals surface area (Å²) >= 11 is 0. The number of hydrogen-bond acceptors (Lipinski definition) is 6. The average Bonchev–Trinajstić information content (AvgIpc) is 3.55. The summed E-state index contributed by atoms with van der Waals surface area (Å²) in [6.07, 6.45) is 4.53. The Bertz CT molecular complexity index is 1140. The molecule has 0 radical (unpaired) electrons. The van der Waals surface area contributed by atoms with Crippen LogP contribution >= 0.6 is 0 Å². The molecule has 5 aliphatic carbocycles. The van der Waals surface area contributed by atoms with Gasteiger partial charge < -0.3 is 19.4 Å². The molecule has 0 unspecified atom stereocenters. The molecule has 1 saturated heterocycles. The summed E-state index contributed by atoms with van der Waals surface area (Å²) in [5.41, 5.74) is 1.78. The van der Waals surface area contributed by atoms with E-state index in [1.54, 1.807) is 0 Å². The third kappa shape index (κ3) is 1.78. The van der Waals surface area contributed by atoms with Gasteiger partial charge in [-0.15, -0.1) is 0 Å². The molecule has 7 nitrogen and oxygen atoms in total. The molecule has 29 heavy (non-hydrogen) atoms. The fraction of sp³-hybridized carbons (Fsp3) is 0.682. The van der Waals surface area contributed by atoms with Gasteiger partial charge in [0.25, 0.3) is 0 Å². The van der Waals surface area contributed by atoms with E-state index in [0.29, 0.717) is 23.6 Å². The lowest BCUT2D eigenvalue weighted by molar-refractivity contribution is -0.168. The molecule has 6 atom stereocenters. The van der Waals surface area contributed by atoms with Gasteiger partial charge in [-0.2, -0.15) is 0 Å². The van der Waals surface area contributed by atoms with Gasteiger partial charge in [0.15, 0.2) is 22.8 Å². The standard InChI is InChI=1S/C22H25N5O2/c1-5-23-18-14-19(26-12(25-18)9-8-11-6-7-11)27(10-24-14)22-16-13(21(16,22)4)15-17(22)29-20(2,3)28-15/h10-11,13,15-17H,5-7H2,1-4H3,(H,23,25,26)/t13-,15+,16+,17+,21-,22-/m0/s1. The quantitative estimate of drug-likeness (QED) is 0.811. The van der Waals surface area contributed by atoms with Crippen molar-refractivity contribution in [2.75, 3.05) is 11.9 Å². The minimum Gasteiger partial charge on any atom is -0.368 e. The van der Waals surface area contributed by atoms with Gasteiger partial charge in [0, 0.05) is 23.8 Å². The van der Waals surface area contributed by atoms with Crippen molar-refractivity contribution in [1.29, 1.82) is 0 Å². The predicted octanol–water partition coefficient (Wildman–Crippen LogP) is 2.51. The molecule has 0 aromatic carbocycles. The Labute approximate surface area is 169 Å². The lowest BCUT2D eigenvalue weighted by Crippen LogP contribution is -2.38. The third-order valence-corrected chi connectivity index (χ3v) is 7.86. The van der Waals surface area contributed by atoms with Gasteiger partial charge >= 0.3 is 0 Å². The van der Waals surface area contributed by atoms with Crippen LogP contribution in [0.1, 0.15) is 46.4 Å². The first-order valence-electron chi connectivity index (χ1n) is 10.8. The van der Waals surface area contributed by atoms with Crippen LogP contribution in [0.3, 0.4) is 0 Å². The lowest BCUT2D eigenvalue weighted by atomic mass is 9.98. The van der Waals surface area contributed by atoms with E-state index in [2.05, 4.69) is 40.6 Å². The van der Waals surface area contributed by atoms with Crippen LogP contribution in [0.4, 0.5) is 5.82 Å². The molecule has 1 aliphatic heterocycles. The summed E-state index contributed by atoms with van der Waals surface area (Å²) < 4.78 is 15.0. The van der Waals surface area contributed by atoms with E-state index >= 15 is 0 Å². The van der Waals surface area contributed by atoms with Crippen molar-refractivity contribution in [3.63, 3.8) is 0 Å². The molecule has 1 N–H and O–H groups in total. The van der Waals surface area contributed by atoms with Crippen LogP contribution in [0, 0.1) is 35.0 Å². The minimum atomic E-state index is -0.531. The SMILES string of the molecule is CCNc1nc(C#CC2CC2)nc2c1ncn2[C@]12[C@@H]3OC(C)(C)O[C@@H]3[C@H]3[C@@H]1[C@]32C. The van der Waals surface area contributed by atoms with Crippen molar-refractivity contribution < 1.29 is 9.47 Å². The topological polar surface area (TPSA) is 74.1 Å². The van der Waals surface area contributed by atoms with Gasteiger partial charge in [0.1, 0.15) is 6.10 Å². The van der Waals surface area contributed by atoms with Crippen molar-refractivity contribution in [1.82, 2.24) is 19.5 Å². The molecular weight excluding hydrogens is 366 g/mol. The molecule has 150 valence electrons. The molecule has 6 aliphatic rings. The lowest BCUT2D eigenvalue weighted by Gasteiger charge is -2.30. The first kappa shape index (κ1) is 16.6. The summed E-state index contributed by atoms with van der Waals surface area (Å²) in [5.74, 6) is 8.97. The molecular formula is C22H25N5O2. The van der Waals surface area contributed by atoms with Crippen molar-refractivity contribution in [3.8, 4) is 11.8 Å². The molecule has 3 heterocycles. The van der Waals surface area contributed by atoms with Crippen LogP contribution in [0.5, 0.6) is 0 Å². The second kappa shape index (κ2) is 4.76. The van der Waals surface area contributed by atoms with Gasteiger partial charge in [0.2, 0.25) is 5.82 Å². The molecule has 6 fully saturated rings. The number of imidazole rings is 1. The predicted molar refractivity (Wildman–Crippen MR) is 106 cm³/mol.